The quantitative estimate of drug-likeness (QED) is 0.691. The first kappa shape index (κ1) is 17.3. The summed E-state index contributed by atoms with van der Waals surface area (Å²) in [6.07, 6.45) is 1.55. The number of carbonyl (C=O) groups is 1. The van der Waals surface area contributed by atoms with Crippen LogP contribution in [-0.4, -0.2) is 15.9 Å². The monoisotopic (exact) mass is 376 g/mol. The SMILES string of the molecule is Cc1nc(Nc2c(Cl)cccc2Cl)cc(C(=O)NCc2ccco2)n1. The molecule has 0 bridgehead atoms. The molecule has 6 nitrogen and oxygen atoms in total. The molecule has 0 radical (unpaired) electrons. The Hall–Kier alpha value is -2.57. The zero-order valence-electron chi connectivity index (χ0n) is 13.2. The lowest BCUT2D eigenvalue weighted by Gasteiger charge is -2.11. The Kier molecular flexibility index (Phi) is 5.21. The van der Waals surface area contributed by atoms with E-state index in [2.05, 4.69) is 20.6 Å². The molecule has 2 aromatic heterocycles. The summed E-state index contributed by atoms with van der Waals surface area (Å²) in [6.45, 7) is 1.97. The average molecular weight is 377 g/mol. The second kappa shape index (κ2) is 7.55. The van der Waals surface area contributed by atoms with Crippen molar-refractivity contribution in [1.29, 1.82) is 0 Å². The molecule has 0 fully saturated rings. The number of nitrogens with zero attached hydrogens (tertiary/aromatic N) is 2. The first-order valence-corrected chi connectivity index (χ1v) is 8.16. The Balaban J connectivity index is 1.79. The van der Waals surface area contributed by atoms with Crippen molar-refractivity contribution >= 4 is 40.6 Å². The second-order valence-electron chi connectivity index (χ2n) is 5.17. The topological polar surface area (TPSA) is 80.0 Å². The van der Waals surface area contributed by atoms with E-state index in [0.29, 0.717) is 33.1 Å². The Morgan fingerprint density at radius 2 is 1.92 bits per heavy atom. The summed E-state index contributed by atoms with van der Waals surface area (Å²) in [7, 11) is 0. The van der Waals surface area contributed by atoms with E-state index in [9.17, 15) is 4.79 Å². The third kappa shape index (κ3) is 4.29. The summed E-state index contributed by atoms with van der Waals surface area (Å²) < 4.78 is 5.18. The van der Waals surface area contributed by atoms with Crippen LogP contribution in [0.2, 0.25) is 10.0 Å². The van der Waals surface area contributed by atoms with Gasteiger partial charge in [-0.05, 0) is 31.2 Å². The fourth-order valence-electron chi connectivity index (χ4n) is 2.16. The number of aromatic nitrogens is 2. The first-order valence-electron chi connectivity index (χ1n) is 7.40. The Morgan fingerprint density at radius 1 is 1.16 bits per heavy atom. The van der Waals surface area contributed by atoms with Crippen LogP contribution in [0.25, 0.3) is 0 Å². The van der Waals surface area contributed by atoms with Gasteiger partial charge in [0.1, 0.15) is 23.1 Å². The molecule has 2 N–H and O–H groups in total. The minimum atomic E-state index is -0.338. The number of halogens is 2. The lowest BCUT2D eigenvalue weighted by atomic mass is 10.3. The predicted molar refractivity (Wildman–Crippen MR) is 96.4 cm³/mol. The van der Waals surface area contributed by atoms with E-state index in [1.807, 2.05) is 0 Å². The van der Waals surface area contributed by atoms with Crippen molar-refractivity contribution in [2.45, 2.75) is 13.5 Å². The van der Waals surface area contributed by atoms with Crippen molar-refractivity contribution in [3.63, 3.8) is 0 Å². The zero-order valence-corrected chi connectivity index (χ0v) is 14.7. The fraction of sp³-hybridized carbons (Fsp3) is 0.118. The molecule has 2 heterocycles. The normalized spacial score (nSPS) is 10.5. The van der Waals surface area contributed by atoms with Crippen LogP contribution in [0.1, 0.15) is 22.1 Å². The molecule has 0 unspecified atom stereocenters. The molecule has 1 amide bonds. The van der Waals surface area contributed by atoms with Gasteiger partial charge < -0.3 is 15.1 Å². The van der Waals surface area contributed by atoms with Crippen LogP contribution in [0.4, 0.5) is 11.5 Å². The van der Waals surface area contributed by atoms with Gasteiger partial charge in [0.25, 0.3) is 5.91 Å². The summed E-state index contributed by atoms with van der Waals surface area (Å²) >= 11 is 12.3. The highest BCUT2D eigenvalue weighted by atomic mass is 35.5. The van der Waals surface area contributed by atoms with Gasteiger partial charge in [-0.25, -0.2) is 9.97 Å². The summed E-state index contributed by atoms with van der Waals surface area (Å²) in [5.41, 5.74) is 0.746. The highest BCUT2D eigenvalue weighted by Gasteiger charge is 2.13. The van der Waals surface area contributed by atoms with Crippen molar-refractivity contribution in [2.75, 3.05) is 5.32 Å². The standard InChI is InChI=1S/C17H14Cl2N4O2/c1-10-21-14(17(24)20-9-11-4-3-7-25-11)8-15(22-10)23-16-12(18)5-2-6-13(16)19/h2-8H,9H2,1H3,(H,20,24)(H,21,22,23). The highest BCUT2D eigenvalue weighted by molar-refractivity contribution is 6.39. The minimum absolute atomic E-state index is 0.227. The largest absolute Gasteiger partial charge is 0.467 e. The summed E-state index contributed by atoms with van der Waals surface area (Å²) in [4.78, 5) is 20.7. The molecule has 0 saturated carbocycles. The summed E-state index contributed by atoms with van der Waals surface area (Å²) in [5.74, 6) is 1.18. The molecule has 0 atom stereocenters. The Morgan fingerprint density at radius 3 is 2.60 bits per heavy atom. The third-order valence-corrected chi connectivity index (χ3v) is 3.92. The number of hydrogen-bond acceptors (Lipinski definition) is 5. The van der Waals surface area contributed by atoms with E-state index >= 15 is 0 Å². The summed E-state index contributed by atoms with van der Waals surface area (Å²) in [5, 5.41) is 6.68. The van der Waals surface area contributed by atoms with Gasteiger partial charge in [0.05, 0.1) is 28.5 Å². The van der Waals surface area contributed by atoms with Crippen LogP contribution >= 0.6 is 23.2 Å². The molecule has 8 heteroatoms. The molecule has 3 aromatic rings. The van der Waals surface area contributed by atoms with Gasteiger partial charge in [-0.1, -0.05) is 29.3 Å². The molecular weight excluding hydrogens is 363 g/mol. The lowest BCUT2D eigenvalue weighted by Crippen LogP contribution is -2.24. The van der Waals surface area contributed by atoms with E-state index in [1.54, 1.807) is 43.5 Å². The maximum absolute atomic E-state index is 12.3. The first-order chi connectivity index (χ1) is 12.0. The van der Waals surface area contributed by atoms with E-state index in [1.165, 1.54) is 6.07 Å². The maximum Gasteiger partial charge on any atom is 0.270 e. The minimum Gasteiger partial charge on any atom is -0.467 e. The van der Waals surface area contributed by atoms with Gasteiger partial charge in [0, 0.05) is 6.07 Å². The molecule has 3 rings (SSSR count). The van der Waals surface area contributed by atoms with E-state index in [0.717, 1.165) is 0 Å². The van der Waals surface area contributed by atoms with Crippen LogP contribution < -0.4 is 10.6 Å². The van der Waals surface area contributed by atoms with Gasteiger partial charge in [-0.2, -0.15) is 0 Å². The molecule has 0 saturated heterocycles. The van der Waals surface area contributed by atoms with Crippen molar-refractivity contribution in [2.24, 2.45) is 0 Å². The van der Waals surface area contributed by atoms with Crippen LogP contribution in [0.3, 0.4) is 0 Å². The third-order valence-electron chi connectivity index (χ3n) is 3.29. The molecule has 0 aliphatic carbocycles. The van der Waals surface area contributed by atoms with E-state index < -0.39 is 0 Å². The van der Waals surface area contributed by atoms with Gasteiger partial charge in [0.2, 0.25) is 0 Å². The molecule has 0 spiro atoms. The number of para-hydroxylation sites is 1. The number of hydrogen-bond donors (Lipinski definition) is 2. The molecule has 1 aromatic carbocycles. The molecule has 0 aliphatic heterocycles. The smallest absolute Gasteiger partial charge is 0.270 e. The second-order valence-corrected chi connectivity index (χ2v) is 5.98. The highest BCUT2D eigenvalue weighted by Crippen LogP contribution is 2.32. The zero-order chi connectivity index (χ0) is 17.8. The number of furan rings is 1. The van der Waals surface area contributed by atoms with E-state index in [4.69, 9.17) is 27.6 Å². The van der Waals surface area contributed by atoms with Gasteiger partial charge in [-0.15, -0.1) is 0 Å². The lowest BCUT2D eigenvalue weighted by molar-refractivity contribution is 0.0942. The van der Waals surface area contributed by atoms with Crippen molar-refractivity contribution in [1.82, 2.24) is 15.3 Å². The fourth-order valence-corrected chi connectivity index (χ4v) is 2.66. The Labute approximate surface area is 154 Å². The number of rotatable bonds is 5. The van der Waals surface area contributed by atoms with Crippen LogP contribution in [-0.2, 0) is 6.54 Å². The van der Waals surface area contributed by atoms with Crippen LogP contribution in [0.5, 0.6) is 0 Å². The number of carbonyl (C=O) groups excluding carboxylic acids is 1. The Bertz CT molecular complexity index is 877. The number of benzene rings is 1. The molecular formula is C17H14Cl2N4O2. The van der Waals surface area contributed by atoms with Crippen molar-refractivity contribution in [3.05, 3.63) is 70.0 Å². The molecule has 0 aliphatic rings. The van der Waals surface area contributed by atoms with Crippen molar-refractivity contribution in [3.8, 4) is 0 Å². The number of anilines is 2. The van der Waals surface area contributed by atoms with Gasteiger partial charge in [0.15, 0.2) is 0 Å². The maximum atomic E-state index is 12.3. The van der Waals surface area contributed by atoms with Crippen molar-refractivity contribution < 1.29 is 9.21 Å². The van der Waals surface area contributed by atoms with Crippen LogP contribution in [0.15, 0.2) is 47.1 Å². The average Bonchev–Trinajstić information content (AvgIpc) is 3.09. The van der Waals surface area contributed by atoms with Gasteiger partial charge in [-0.3, -0.25) is 4.79 Å². The number of amides is 1. The van der Waals surface area contributed by atoms with E-state index in [-0.39, 0.29) is 18.1 Å². The predicted octanol–water partition coefficient (Wildman–Crippen LogP) is 4.36. The number of nitrogens with one attached hydrogen (secondary N) is 2. The summed E-state index contributed by atoms with van der Waals surface area (Å²) in [6, 6.07) is 10.2. The molecule has 25 heavy (non-hydrogen) atoms. The molecule has 128 valence electrons. The van der Waals surface area contributed by atoms with Gasteiger partial charge >= 0.3 is 0 Å². The number of aryl methyl sites for hydroxylation is 1. The van der Waals surface area contributed by atoms with Crippen LogP contribution in [0, 0.1) is 6.92 Å².